The van der Waals surface area contributed by atoms with Crippen LogP contribution >= 0.6 is 7.82 Å². The maximum Gasteiger partial charge on any atom is 0.472 e. The lowest BCUT2D eigenvalue weighted by atomic mass is 10.0. The summed E-state index contributed by atoms with van der Waals surface area (Å²) in [4.78, 5) is 22.6. The molecule has 3 N–H and O–H groups in total. The molecule has 0 bridgehead atoms. The molecule has 0 aliphatic carbocycles. The van der Waals surface area contributed by atoms with Gasteiger partial charge in [0.05, 0.1) is 19.8 Å². The first-order valence-corrected chi connectivity index (χ1v) is 28.3. The Hall–Kier alpha value is -1.02. The van der Waals surface area contributed by atoms with Gasteiger partial charge in [0, 0.05) is 19.6 Å². The van der Waals surface area contributed by atoms with E-state index in [1.807, 2.05) is 0 Å². The second-order valence-corrected chi connectivity index (χ2v) is 19.6. The fourth-order valence-corrected chi connectivity index (χ4v) is 8.68. The van der Waals surface area contributed by atoms with Gasteiger partial charge in [0.2, 0.25) is 0 Å². The number of nitrogens with two attached hydrogens (primary N) is 1. The second-order valence-electron chi connectivity index (χ2n) is 18.1. The predicted octanol–water partition coefficient (Wildman–Crippen LogP) is 16.8. The van der Waals surface area contributed by atoms with Crippen LogP contribution in [0.3, 0.4) is 0 Å². The lowest BCUT2D eigenvalue weighted by Gasteiger charge is -2.20. The van der Waals surface area contributed by atoms with Crippen molar-refractivity contribution in [1.29, 1.82) is 0 Å². The van der Waals surface area contributed by atoms with Gasteiger partial charge in [-0.2, -0.15) is 0 Å². The minimum atomic E-state index is -4.28. The molecule has 9 heteroatoms. The molecule has 0 aromatic heterocycles. The van der Waals surface area contributed by atoms with E-state index in [1.54, 1.807) is 0 Å². The van der Waals surface area contributed by atoms with Crippen LogP contribution in [-0.2, 0) is 27.9 Å². The van der Waals surface area contributed by atoms with Crippen molar-refractivity contribution in [3.8, 4) is 0 Å². The minimum Gasteiger partial charge on any atom is -0.457 e. The maximum absolute atomic E-state index is 12.7. The highest BCUT2D eigenvalue weighted by atomic mass is 31.2. The molecule has 2 atom stereocenters. The molecule has 62 heavy (non-hydrogen) atoms. The largest absolute Gasteiger partial charge is 0.472 e. The van der Waals surface area contributed by atoms with E-state index in [4.69, 9.17) is 24.3 Å². The van der Waals surface area contributed by atoms with E-state index < -0.39 is 13.9 Å². The van der Waals surface area contributed by atoms with Gasteiger partial charge in [0.15, 0.2) is 0 Å². The van der Waals surface area contributed by atoms with Crippen molar-refractivity contribution in [1.82, 2.24) is 0 Å². The first kappa shape index (κ1) is 61.0. The highest BCUT2D eigenvalue weighted by Gasteiger charge is 2.25. The van der Waals surface area contributed by atoms with E-state index in [0.29, 0.717) is 13.0 Å². The van der Waals surface area contributed by atoms with Crippen LogP contribution in [0, 0.1) is 0 Å². The molecular weight excluding hydrogens is 794 g/mol. The third-order valence-electron chi connectivity index (χ3n) is 11.9. The van der Waals surface area contributed by atoms with Gasteiger partial charge in [-0.3, -0.25) is 13.8 Å². The second kappa shape index (κ2) is 51.0. The summed E-state index contributed by atoms with van der Waals surface area (Å²) < 4.78 is 33.6. The van der Waals surface area contributed by atoms with E-state index in [-0.39, 0.29) is 32.3 Å². The zero-order valence-corrected chi connectivity index (χ0v) is 42.0. The van der Waals surface area contributed by atoms with Gasteiger partial charge in [-0.1, -0.05) is 244 Å². The standard InChI is InChI=1S/C53H104NO7P/c1-3-5-7-9-11-13-15-17-19-21-23-24-25-26-27-28-30-32-34-36-38-40-42-44-46-53(55)61-52(51-60-62(56,57)59-49-47-54)50-58-48-45-43-41-39-37-35-33-31-29-22-20-18-16-14-12-10-8-6-4-2/h14,16,20,22,52H,3-13,15,17-19,21,23-51,54H2,1-2H3,(H,56,57)/b16-14-,22-20-. The first-order chi connectivity index (χ1) is 30.4. The van der Waals surface area contributed by atoms with Gasteiger partial charge >= 0.3 is 13.8 Å². The molecule has 0 aliphatic rings. The van der Waals surface area contributed by atoms with E-state index >= 15 is 0 Å². The van der Waals surface area contributed by atoms with Crippen molar-refractivity contribution in [2.24, 2.45) is 5.73 Å². The minimum absolute atomic E-state index is 0.0942. The Morgan fingerprint density at radius 1 is 0.484 bits per heavy atom. The average Bonchev–Trinajstić information content (AvgIpc) is 3.26. The van der Waals surface area contributed by atoms with Crippen LogP contribution in [0.2, 0.25) is 0 Å². The molecule has 0 aromatic carbocycles. The lowest BCUT2D eigenvalue weighted by molar-refractivity contribution is -0.154. The van der Waals surface area contributed by atoms with Gasteiger partial charge in [-0.15, -0.1) is 0 Å². The molecule has 0 fully saturated rings. The maximum atomic E-state index is 12.7. The number of ether oxygens (including phenoxy) is 2. The first-order valence-electron chi connectivity index (χ1n) is 26.8. The van der Waals surface area contributed by atoms with Crippen molar-refractivity contribution >= 4 is 13.8 Å². The molecule has 0 amide bonds. The molecule has 8 nitrogen and oxygen atoms in total. The van der Waals surface area contributed by atoms with Gasteiger partial charge in [0.25, 0.3) is 0 Å². The number of carbonyl (C=O) groups excluding carboxylic acids is 1. The summed E-state index contributed by atoms with van der Waals surface area (Å²) in [7, 11) is -4.28. The van der Waals surface area contributed by atoms with Crippen LogP contribution in [0.4, 0.5) is 0 Å². The topological polar surface area (TPSA) is 117 Å². The van der Waals surface area contributed by atoms with E-state index in [1.165, 1.54) is 212 Å². The molecule has 0 rings (SSSR count). The Morgan fingerprint density at radius 2 is 0.855 bits per heavy atom. The summed E-state index contributed by atoms with van der Waals surface area (Å²) in [5, 5.41) is 0. The Kier molecular flexibility index (Phi) is 50.1. The summed E-state index contributed by atoms with van der Waals surface area (Å²) in [6, 6.07) is 0. The summed E-state index contributed by atoms with van der Waals surface area (Å²) in [5.41, 5.74) is 5.39. The van der Waals surface area contributed by atoms with Gasteiger partial charge in [0.1, 0.15) is 6.10 Å². The van der Waals surface area contributed by atoms with Crippen molar-refractivity contribution in [2.75, 3.05) is 33.0 Å². The third-order valence-corrected chi connectivity index (χ3v) is 12.9. The molecule has 0 aliphatic heterocycles. The van der Waals surface area contributed by atoms with Crippen molar-refractivity contribution < 1.29 is 32.8 Å². The zero-order valence-electron chi connectivity index (χ0n) is 41.1. The smallest absolute Gasteiger partial charge is 0.457 e. The summed E-state index contributed by atoms with van der Waals surface area (Å²) in [6.07, 6.45) is 59.3. The molecular formula is C53H104NO7P. The van der Waals surface area contributed by atoms with E-state index in [2.05, 4.69) is 38.2 Å². The monoisotopic (exact) mass is 898 g/mol. The molecule has 0 saturated carbocycles. The Balaban J connectivity index is 3.88. The number of allylic oxidation sites excluding steroid dienone is 4. The van der Waals surface area contributed by atoms with E-state index in [9.17, 15) is 14.3 Å². The fraction of sp³-hybridized carbons (Fsp3) is 0.906. The van der Waals surface area contributed by atoms with Crippen molar-refractivity contribution in [2.45, 2.75) is 277 Å². The Labute approximate surface area is 385 Å². The highest BCUT2D eigenvalue weighted by molar-refractivity contribution is 7.47. The number of esters is 1. The molecule has 0 spiro atoms. The fourth-order valence-electron chi connectivity index (χ4n) is 7.91. The van der Waals surface area contributed by atoms with Crippen LogP contribution in [-0.4, -0.2) is 49.9 Å². The van der Waals surface area contributed by atoms with Crippen molar-refractivity contribution in [3.05, 3.63) is 24.3 Å². The third kappa shape index (κ3) is 50.0. The molecule has 0 radical (unpaired) electrons. The van der Waals surface area contributed by atoms with Gasteiger partial charge in [-0.05, 0) is 44.9 Å². The number of phosphoric acid groups is 1. The number of hydrogen-bond donors (Lipinski definition) is 2. The summed E-state index contributed by atoms with van der Waals surface area (Å²) in [6.45, 7) is 4.95. The predicted molar refractivity (Wildman–Crippen MR) is 266 cm³/mol. The number of phosphoric ester groups is 1. The van der Waals surface area contributed by atoms with Crippen LogP contribution in [0.15, 0.2) is 24.3 Å². The molecule has 0 heterocycles. The average molecular weight is 898 g/mol. The molecule has 368 valence electrons. The van der Waals surface area contributed by atoms with Crippen LogP contribution in [0.1, 0.15) is 271 Å². The van der Waals surface area contributed by atoms with E-state index in [0.717, 1.165) is 38.5 Å². The Morgan fingerprint density at radius 3 is 1.27 bits per heavy atom. The summed E-state index contributed by atoms with van der Waals surface area (Å²) in [5.74, 6) is -0.326. The number of carbonyl (C=O) groups is 1. The quantitative estimate of drug-likeness (QED) is 0.0268. The normalized spacial score (nSPS) is 13.4. The van der Waals surface area contributed by atoms with Crippen molar-refractivity contribution in [3.63, 3.8) is 0 Å². The number of hydrogen-bond acceptors (Lipinski definition) is 7. The SMILES string of the molecule is CCCCCC/C=C\C/C=C\CCCCCCCCCCOCC(COP(=O)(O)OCCN)OC(=O)CCCCCCCCCCCCCCCCCCCCCCCCCC. The molecule has 2 unspecified atom stereocenters. The summed E-state index contributed by atoms with van der Waals surface area (Å²) >= 11 is 0. The van der Waals surface area contributed by atoms with Crippen LogP contribution in [0.25, 0.3) is 0 Å². The number of rotatable bonds is 52. The molecule has 0 aromatic rings. The Bertz CT molecular complexity index is 1010. The van der Waals surface area contributed by atoms with Gasteiger partial charge < -0.3 is 20.1 Å². The molecule has 0 saturated heterocycles. The number of unbranched alkanes of at least 4 members (excludes halogenated alkanes) is 35. The van der Waals surface area contributed by atoms with Crippen LogP contribution < -0.4 is 5.73 Å². The zero-order chi connectivity index (χ0) is 45.1. The lowest BCUT2D eigenvalue weighted by Crippen LogP contribution is -2.28. The van der Waals surface area contributed by atoms with Gasteiger partial charge in [-0.25, -0.2) is 4.57 Å². The van der Waals surface area contributed by atoms with Crippen LogP contribution in [0.5, 0.6) is 0 Å². The highest BCUT2D eigenvalue weighted by Crippen LogP contribution is 2.43.